The highest BCUT2D eigenvalue weighted by molar-refractivity contribution is 9.10. The maximum Gasteiger partial charge on any atom is 0.264 e. The number of methoxy groups -OCH3 is 1. The molecule has 0 radical (unpaired) electrons. The first-order valence-corrected chi connectivity index (χ1v) is 10.00. The number of amidine groups is 1. The number of halogens is 1. The summed E-state index contributed by atoms with van der Waals surface area (Å²) in [7, 11) is 5.59. The summed E-state index contributed by atoms with van der Waals surface area (Å²) in [5.74, 6) is 0.544. The molecule has 1 heterocycles. The quantitative estimate of drug-likeness (QED) is 0.415. The van der Waals surface area contributed by atoms with Gasteiger partial charge in [0.15, 0.2) is 5.17 Å². The summed E-state index contributed by atoms with van der Waals surface area (Å²) in [6, 6.07) is 13.6. The lowest BCUT2D eigenvalue weighted by molar-refractivity contribution is -0.115. The van der Waals surface area contributed by atoms with Crippen LogP contribution >= 0.6 is 27.7 Å². The van der Waals surface area contributed by atoms with Gasteiger partial charge in [0.2, 0.25) is 0 Å². The Morgan fingerprint density at radius 3 is 2.50 bits per heavy atom. The van der Waals surface area contributed by atoms with Gasteiger partial charge in [-0.25, -0.2) is 0 Å². The number of hydrogen-bond acceptors (Lipinski definition) is 6. The van der Waals surface area contributed by atoms with E-state index in [0.717, 1.165) is 27.0 Å². The van der Waals surface area contributed by atoms with Crippen molar-refractivity contribution in [2.45, 2.75) is 0 Å². The highest BCUT2D eigenvalue weighted by Crippen LogP contribution is 2.30. The first-order chi connectivity index (χ1) is 13.5. The maximum atomic E-state index is 12.2. The first kappa shape index (κ1) is 20.2. The zero-order valence-electron chi connectivity index (χ0n) is 15.6. The molecule has 0 bridgehead atoms. The zero-order chi connectivity index (χ0) is 20.1. The van der Waals surface area contributed by atoms with Crippen LogP contribution in [0.3, 0.4) is 0 Å². The molecule has 8 heteroatoms. The molecule has 1 amide bonds. The largest absolute Gasteiger partial charge is 0.496 e. The molecule has 0 unspecified atom stereocenters. The summed E-state index contributed by atoms with van der Waals surface area (Å²) in [6.07, 6.45) is 3.46. The van der Waals surface area contributed by atoms with Crippen LogP contribution in [-0.2, 0) is 4.79 Å². The van der Waals surface area contributed by atoms with E-state index in [1.807, 2.05) is 61.5 Å². The van der Waals surface area contributed by atoms with Crippen molar-refractivity contribution in [1.29, 1.82) is 0 Å². The van der Waals surface area contributed by atoms with Gasteiger partial charge in [-0.15, -0.1) is 5.10 Å². The fourth-order valence-corrected chi connectivity index (χ4v) is 3.74. The molecule has 1 aliphatic heterocycles. The molecule has 3 rings (SSSR count). The number of anilines is 1. The Morgan fingerprint density at radius 1 is 1.14 bits per heavy atom. The van der Waals surface area contributed by atoms with Gasteiger partial charge in [-0.05, 0) is 69.2 Å². The number of carbonyl (C=O) groups is 1. The summed E-state index contributed by atoms with van der Waals surface area (Å²) in [4.78, 5) is 14.7. The molecule has 1 N–H and O–H groups in total. The van der Waals surface area contributed by atoms with Gasteiger partial charge in [-0.1, -0.05) is 18.2 Å². The number of nitrogens with one attached hydrogen (secondary N) is 1. The van der Waals surface area contributed by atoms with Gasteiger partial charge < -0.3 is 9.64 Å². The number of carbonyl (C=O) groups excluding carboxylic acids is 1. The van der Waals surface area contributed by atoms with Crippen LogP contribution in [0.4, 0.5) is 5.69 Å². The molecule has 0 saturated carbocycles. The van der Waals surface area contributed by atoms with Crippen molar-refractivity contribution in [3.8, 4) is 5.75 Å². The van der Waals surface area contributed by atoms with Crippen molar-refractivity contribution in [2.75, 3.05) is 26.1 Å². The minimum absolute atomic E-state index is 0.193. The molecule has 6 nitrogen and oxygen atoms in total. The van der Waals surface area contributed by atoms with Crippen LogP contribution in [-0.4, -0.2) is 38.5 Å². The van der Waals surface area contributed by atoms with Crippen molar-refractivity contribution in [3.63, 3.8) is 0 Å². The van der Waals surface area contributed by atoms with E-state index in [9.17, 15) is 4.79 Å². The number of hydrogen-bond donors (Lipinski definition) is 1. The van der Waals surface area contributed by atoms with Crippen LogP contribution < -0.4 is 15.0 Å². The van der Waals surface area contributed by atoms with Crippen molar-refractivity contribution in [3.05, 3.63) is 63.0 Å². The molecular formula is C20H19BrN4O2S. The predicted octanol–water partition coefficient (Wildman–Crippen LogP) is 4.12. The van der Waals surface area contributed by atoms with E-state index in [0.29, 0.717) is 10.1 Å². The number of benzene rings is 2. The van der Waals surface area contributed by atoms with Crippen LogP contribution in [0.5, 0.6) is 5.75 Å². The van der Waals surface area contributed by atoms with E-state index >= 15 is 0 Å². The minimum Gasteiger partial charge on any atom is -0.496 e. The summed E-state index contributed by atoms with van der Waals surface area (Å²) in [5, 5.41) is 11.3. The van der Waals surface area contributed by atoms with Gasteiger partial charge in [-0.2, -0.15) is 5.10 Å². The lowest BCUT2D eigenvalue weighted by Crippen LogP contribution is -2.19. The molecule has 144 valence electrons. The summed E-state index contributed by atoms with van der Waals surface area (Å²) < 4.78 is 6.04. The molecule has 1 aliphatic rings. The van der Waals surface area contributed by atoms with Crippen molar-refractivity contribution in [2.24, 2.45) is 10.2 Å². The van der Waals surface area contributed by atoms with Gasteiger partial charge in [-0.3, -0.25) is 10.1 Å². The van der Waals surface area contributed by atoms with E-state index < -0.39 is 0 Å². The number of amides is 1. The van der Waals surface area contributed by atoms with Gasteiger partial charge in [0, 0.05) is 19.8 Å². The molecule has 28 heavy (non-hydrogen) atoms. The molecule has 0 atom stereocenters. The highest BCUT2D eigenvalue weighted by atomic mass is 79.9. The second-order valence-corrected chi connectivity index (χ2v) is 7.98. The topological polar surface area (TPSA) is 66.3 Å². The van der Waals surface area contributed by atoms with Crippen LogP contribution in [0.2, 0.25) is 0 Å². The number of ether oxygens (including phenoxy) is 1. The lowest BCUT2D eigenvalue weighted by atomic mass is 10.2. The minimum atomic E-state index is -0.193. The second-order valence-electron chi connectivity index (χ2n) is 6.09. The molecule has 1 saturated heterocycles. The predicted molar refractivity (Wildman–Crippen MR) is 120 cm³/mol. The molecule has 1 fully saturated rings. The molecule has 0 aromatic heterocycles. The van der Waals surface area contributed by atoms with Crippen molar-refractivity contribution < 1.29 is 9.53 Å². The van der Waals surface area contributed by atoms with Gasteiger partial charge in [0.1, 0.15) is 5.75 Å². The van der Waals surface area contributed by atoms with Crippen LogP contribution in [0.15, 0.2) is 62.0 Å². The Bertz CT molecular complexity index is 969. The second kappa shape index (κ2) is 9.07. The van der Waals surface area contributed by atoms with Crippen LogP contribution in [0.1, 0.15) is 11.1 Å². The van der Waals surface area contributed by atoms with Crippen LogP contribution in [0, 0.1) is 0 Å². The SMILES string of the molecule is COc1ccc(C=C2SC(=NN=Cc3ccc(N(C)C)cc3)NC2=O)cc1Br. The average molecular weight is 459 g/mol. The zero-order valence-corrected chi connectivity index (χ0v) is 18.0. The molecule has 0 spiro atoms. The van der Waals surface area contributed by atoms with E-state index in [-0.39, 0.29) is 5.91 Å². The number of nitrogens with zero attached hydrogens (tertiary/aromatic N) is 3. The van der Waals surface area contributed by atoms with E-state index in [4.69, 9.17) is 4.74 Å². The Kier molecular flexibility index (Phi) is 6.53. The number of thioether (sulfide) groups is 1. The Morgan fingerprint density at radius 2 is 1.86 bits per heavy atom. The highest BCUT2D eigenvalue weighted by Gasteiger charge is 2.23. The monoisotopic (exact) mass is 458 g/mol. The van der Waals surface area contributed by atoms with E-state index in [1.165, 1.54) is 11.8 Å². The third-order valence-electron chi connectivity index (χ3n) is 3.89. The van der Waals surface area contributed by atoms with Crippen molar-refractivity contribution >= 4 is 56.7 Å². The fourth-order valence-electron chi connectivity index (χ4n) is 2.41. The summed E-state index contributed by atoms with van der Waals surface area (Å²) in [6.45, 7) is 0. The smallest absolute Gasteiger partial charge is 0.264 e. The molecule has 2 aromatic rings. The Labute approximate surface area is 176 Å². The molecule has 0 aliphatic carbocycles. The summed E-state index contributed by atoms with van der Waals surface area (Å²) in [5.41, 5.74) is 2.93. The maximum absolute atomic E-state index is 12.2. The normalized spacial score (nSPS) is 16.8. The molecule has 2 aromatic carbocycles. The standard InChI is InChI=1S/C20H19BrN4O2S/c1-25(2)15-7-4-13(5-8-15)12-22-24-20-23-19(26)18(28-20)11-14-6-9-17(27-3)16(21)10-14/h4-12H,1-3H3,(H,23,24,26). The molecular weight excluding hydrogens is 440 g/mol. The third-order valence-corrected chi connectivity index (χ3v) is 5.41. The van der Waals surface area contributed by atoms with Crippen molar-refractivity contribution in [1.82, 2.24) is 5.32 Å². The van der Waals surface area contributed by atoms with Gasteiger partial charge in [0.05, 0.1) is 22.7 Å². The van der Waals surface area contributed by atoms with E-state index in [1.54, 1.807) is 19.4 Å². The Balaban J connectivity index is 1.68. The van der Waals surface area contributed by atoms with Gasteiger partial charge >= 0.3 is 0 Å². The van der Waals surface area contributed by atoms with Gasteiger partial charge in [0.25, 0.3) is 5.91 Å². The fraction of sp³-hybridized carbons (Fsp3) is 0.150. The van der Waals surface area contributed by atoms with Crippen LogP contribution in [0.25, 0.3) is 6.08 Å². The first-order valence-electron chi connectivity index (χ1n) is 8.39. The Hall–Kier alpha value is -2.58. The third kappa shape index (κ3) is 5.02. The summed E-state index contributed by atoms with van der Waals surface area (Å²) >= 11 is 4.70. The average Bonchev–Trinajstić information content (AvgIpc) is 3.01. The lowest BCUT2D eigenvalue weighted by Gasteiger charge is -2.11. The van der Waals surface area contributed by atoms with E-state index in [2.05, 4.69) is 31.4 Å². The number of rotatable bonds is 5.